The monoisotopic (exact) mass is 293 g/mol. The van der Waals surface area contributed by atoms with Crippen molar-refractivity contribution in [2.24, 2.45) is 0 Å². The maximum absolute atomic E-state index is 5.87. The minimum atomic E-state index is 0.0134. The molecule has 7 heteroatoms. The van der Waals surface area contributed by atoms with Gasteiger partial charge in [0.25, 0.3) is 0 Å². The van der Waals surface area contributed by atoms with Crippen LogP contribution in [0.3, 0.4) is 0 Å². The molecular formula is C13H19N5OS. The molecule has 0 saturated carbocycles. The van der Waals surface area contributed by atoms with E-state index in [4.69, 9.17) is 4.74 Å². The molecule has 0 bridgehead atoms. The van der Waals surface area contributed by atoms with E-state index in [0.717, 1.165) is 44.3 Å². The molecule has 0 aliphatic carbocycles. The molecule has 1 fully saturated rings. The zero-order chi connectivity index (χ0) is 13.9. The minimum Gasteiger partial charge on any atom is -0.368 e. The number of morpholine rings is 1. The van der Waals surface area contributed by atoms with Gasteiger partial charge in [0.1, 0.15) is 12.4 Å². The van der Waals surface area contributed by atoms with Crippen LogP contribution in [-0.2, 0) is 17.8 Å². The maximum Gasteiger partial charge on any atom is 0.163 e. The van der Waals surface area contributed by atoms with Crippen molar-refractivity contribution in [3.8, 4) is 0 Å². The van der Waals surface area contributed by atoms with Crippen molar-refractivity contribution in [2.75, 3.05) is 19.7 Å². The van der Waals surface area contributed by atoms with Crippen molar-refractivity contribution >= 4 is 11.3 Å². The first kappa shape index (κ1) is 13.7. The first-order valence-electron chi connectivity index (χ1n) is 6.88. The summed E-state index contributed by atoms with van der Waals surface area (Å²) in [5.41, 5.74) is 3.05. The van der Waals surface area contributed by atoms with Crippen LogP contribution in [0.2, 0.25) is 0 Å². The first-order chi connectivity index (χ1) is 9.78. The molecule has 0 aromatic carbocycles. The normalized spacial score (nSPS) is 20.4. The third kappa shape index (κ3) is 2.74. The summed E-state index contributed by atoms with van der Waals surface area (Å²) in [6.07, 6.45) is 1.78. The molecule has 0 spiro atoms. The quantitative estimate of drug-likeness (QED) is 0.857. The van der Waals surface area contributed by atoms with Crippen LogP contribution in [0.4, 0.5) is 0 Å². The molecule has 0 N–H and O–H groups in total. The topological polar surface area (TPSA) is 56.1 Å². The van der Waals surface area contributed by atoms with Crippen LogP contribution in [0.1, 0.15) is 29.4 Å². The Morgan fingerprint density at radius 3 is 3.15 bits per heavy atom. The Bertz CT molecular complexity index is 567. The highest BCUT2D eigenvalue weighted by Crippen LogP contribution is 2.23. The summed E-state index contributed by atoms with van der Waals surface area (Å²) in [4.78, 5) is 8.05. The number of aryl methyl sites for hydroxylation is 2. The summed E-state index contributed by atoms with van der Waals surface area (Å²) in [6.45, 7) is 8.52. The van der Waals surface area contributed by atoms with Crippen LogP contribution in [0.25, 0.3) is 0 Å². The first-order valence-corrected chi connectivity index (χ1v) is 7.76. The largest absolute Gasteiger partial charge is 0.368 e. The van der Waals surface area contributed by atoms with Crippen molar-refractivity contribution in [3.05, 3.63) is 28.2 Å². The Morgan fingerprint density at radius 1 is 1.50 bits per heavy atom. The molecule has 1 unspecified atom stereocenters. The third-order valence-electron chi connectivity index (χ3n) is 3.64. The fraction of sp³-hybridized carbons (Fsp3) is 0.615. The molecule has 6 nitrogen and oxygen atoms in total. The van der Waals surface area contributed by atoms with Gasteiger partial charge < -0.3 is 9.30 Å². The van der Waals surface area contributed by atoms with Crippen LogP contribution >= 0.6 is 11.3 Å². The molecule has 2 aromatic heterocycles. The second-order valence-corrected chi connectivity index (χ2v) is 5.87. The molecule has 3 rings (SSSR count). The number of aromatic nitrogens is 4. The molecule has 20 heavy (non-hydrogen) atoms. The highest BCUT2D eigenvalue weighted by atomic mass is 32.1. The van der Waals surface area contributed by atoms with Gasteiger partial charge in [0, 0.05) is 31.1 Å². The summed E-state index contributed by atoms with van der Waals surface area (Å²) < 4.78 is 7.92. The van der Waals surface area contributed by atoms with E-state index in [1.807, 2.05) is 10.1 Å². The molecule has 1 atom stereocenters. The number of ether oxygens (including phenoxy) is 1. The Labute approximate surface area is 122 Å². The standard InChI is InChI=1S/C13H19N5OS/c1-3-18-8-15-16-13(18)11-6-17(4-5-19-11)7-12-10(2)14-9-20-12/h8-9,11H,3-7H2,1-2H3. The second kappa shape index (κ2) is 5.99. The molecule has 0 amide bonds. The zero-order valence-corrected chi connectivity index (χ0v) is 12.6. The fourth-order valence-electron chi connectivity index (χ4n) is 2.44. The van der Waals surface area contributed by atoms with Gasteiger partial charge in [-0.2, -0.15) is 0 Å². The van der Waals surface area contributed by atoms with Gasteiger partial charge in [-0.05, 0) is 13.8 Å². The van der Waals surface area contributed by atoms with Crippen molar-refractivity contribution in [2.45, 2.75) is 33.0 Å². The van der Waals surface area contributed by atoms with Gasteiger partial charge in [-0.1, -0.05) is 0 Å². The van der Waals surface area contributed by atoms with E-state index in [2.05, 4.69) is 33.9 Å². The Kier molecular flexibility index (Phi) is 4.09. The molecule has 3 heterocycles. The average molecular weight is 293 g/mol. The lowest BCUT2D eigenvalue weighted by molar-refractivity contribution is -0.0386. The van der Waals surface area contributed by atoms with E-state index in [1.54, 1.807) is 17.7 Å². The van der Waals surface area contributed by atoms with Crippen molar-refractivity contribution < 1.29 is 4.74 Å². The van der Waals surface area contributed by atoms with E-state index in [-0.39, 0.29) is 6.10 Å². The van der Waals surface area contributed by atoms with Gasteiger partial charge in [0.15, 0.2) is 5.82 Å². The van der Waals surface area contributed by atoms with E-state index < -0.39 is 0 Å². The molecule has 2 aromatic rings. The number of hydrogen-bond donors (Lipinski definition) is 0. The summed E-state index contributed by atoms with van der Waals surface area (Å²) in [5, 5.41) is 8.20. The van der Waals surface area contributed by atoms with E-state index >= 15 is 0 Å². The summed E-state index contributed by atoms with van der Waals surface area (Å²) in [6, 6.07) is 0. The number of hydrogen-bond acceptors (Lipinski definition) is 6. The van der Waals surface area contributed by atoms with Gasteiger partial charge in [0.05, 0.1) is 17.8 Å². The van der Waals surface area contributed by atoms with Crippen LogP contribution in [0.5, 0.6) is 0 Å². The van der Waals surface area contributed by atoms with Crippen molar-refractivity contribution in [3.63, 3.8) is 0 Å². The van der Waals surface area contributed by atoms with Gasteiger partial charge in [-0.15, -0.1) is 21.5 Å². The SMILES string of the molecule is CCn1cnnc1C1CN(Cc2scnc2C)CCO1. The summed E-state index contributed by atoms with van der Waals surface area (Å²) in [5.74, 6) is 0.929. The summed E-state index contributed by atoms with van der Waals surface area (Å²) in [7, 11) is 0. The molecule has 1 aliphatic rings. The van der Waals surface area contributed by atoms with Crippen molar-refractivity contribution in [1.29, 1.82) is 0 Å². The average Bonchev–Trinajstić information content (AvgIpc) is 3.09. The Balaban J connectivity index is 1.69. The predicted molar refractivity (Wildman–Crippen MR) is 76.5 cm³/mol. The smallest absolute Gasteiger partial charge is 0.163 e. The molecule has 0 radical (unpaired) electrons. The van der Waals surface area contributed by atoms with Gasteiger partial charge >= 0.3 is 0 Å². The van der Waals surface area contributed by atoms with Crippen LogP contribution < -0.4 is 0 Å². The van der Waals surface area contributed by atoms with Crippen LogP contribution in [-0.4, -0.2) is 44.3 Å². The molecule has 1 aliphatic heterocycles. The van der Waals surface area contributed by atoms with E-state index in [1.165, 1.54) is 4.88 Å². The summed E-state index contributed by atoms with van der Waals surface area (Å²) >= 11 is 1.72. The van der Waals surface area contributed by atoms with Crippen LogP contribution in [0, 0.1) is 6.92 Å². The zero-order valence-electron chi connectivity index (χ0n) is 11.8. The Hall–Kier alpha value is -1.31. The number of rotatable bonds is 4. The molecular weight excluding hydrogens is 274 g/mol. The number of nitrogens with zero attached hydrogens (tertiary/aromatic N) is 5. The van der Waals surface area contributed by atoms with E-state index in [9.17, 15) is 0 Å². The molecule has 108 valence electrons. The van der Waals surface area contributed by atoms with Crippen LogP contribution in [0.15, 0.2) is 11.8 Å². The highest BCUT2D eigenvalue weighted by Gasteiger charge is 2.26. The highest BCUT2D eigenvalue weighted by molar-refractivity contribution is 7.09. The van der Waals surface area contributed by atoms with Gasteiger partial charge in [-0.25, -0.2) is 4.98 Å². The van der Waals surface area contributed by atoms with E-state index in [0.29, 0.717) is 0 Å². The third-order valence-corrected chi connectivity index (χ3v) is 4.56. The minimum absolute atomic E-state index is 0.0134. The lowest BCUT2D eigenvalue weighted by Crippen LogP contribution is -2.38. The Morgan fingerprint density at radius 2 is 2.40 bits per heavy atom. The predicted octanol–water partition coefficient (Wildman–Crippen LogP) is 1.64. The van der Waals surface area contributed by atoms with Crippen molar-refractivity contribution in [1.82, 2.24) is 24.6 Å². The van der Waals surface area contributed by atoms with Gasteiger partial charge in [0.2, 0.25) is 0 Å². The maximum atomic E-state index is 5.87. The number of thiazole rings is 1. The lowest BCUT2D eigenvalue weighted by atomic mass is 10.2. The lowest BCUT2D eigenvalue weighted by Gasteiger charge is -2.32. The fourth-order valence-corrected chi connectivity index (χ4v) is 3.26. The second-order valence-electron chi connectivity index (χ2n) is 4.93. The molecule has 1 saturated heterocycles. The van der Waals surface area contributed by atoms with Gasteiger partial charge in [-0.3, -0.25) is 4.90 Å².